The monoisotopic (exact) mass is 270 g/mol. The molecule has 44 valence electrons. The van der Waals surface area contributed by atoms with Crippen molar-refractivity contribution in [3.8, 4) is 0 Å². The van der Waals surface area contributed by atoms with Gasteiger partial charge in [0.15, 0.2) is 0 Å². The molecule has 0 fully saturated rings. The van der Waals surface area contributed by atoms with Gasteiger partial charge >= 0.3 is 57.9 Å². The molecule has 1 unspecified atom stereocenters. The van der Waals surface area contributed by atoms with Crippen molar-refractivity contribution in [2.75, 3.05) is 0 Å². The second kappa shape index (κ2) is 6.18. The van der Waals surface area contributed by atoms with Gasteiger partial charge in [-0.15, -0.1) is 0 Å². The van der Waals surface area contributed by atoms with Crippen molar-refractivity contribution < 1.29 is 22.0 Å². The molecule has 0 bridgehead atoms. The molecule has 0 aromatic carbocycles. The Labute approximate surface area is 88.7 Å². The van der Waals surface area contributed by atoms with Crippen LogP contribution < -0.4 is 0 Å². The number of rotatable bonds is 0. The van der Waals surface area contributed by atoms with E-state index >= 15 is 0 Å². The molecule has 0 saturated heterocycles. The Morgan fingerprint density at radius 3 is 1.00 bits per heavy atom. The van der Waals surface area contributed by atoms with Crippen LogP contribution in [0.5, 0.6) is 0 Å². The molecule has 0 spiro atoms. The third-order valence-corrected chi connectivity index (χ3v) is 0. The fraction of sp³-hybridized carbons (Fsp3) is 0. The van der Waals surface area contributed by atoms with Gasteiger partial charge in [-0.3, -0.25) is 0 Å². The van der Waals surface area contributed by atoms with Gasteiger partial charge < -0.3 is 22.0 Å². The minimum Gasteiger partial charge on any atom is -1.00 e. The van der Waals surface area contributed by atoms with Crippen LogP contribution in [-0.2, 0) is 0 Å². The van der Waals surface area contributed by atoms with Crippen molar-refractivity contribution in [3.63, 3.8) is 0 Å². The van der Waals surface area contributed by atoms with Gasteiger partial charge in [-0.05, 0) is 0 Å². The zero-order valence-corrected chi connectivity index (χ0v) is 10.6. The summed E-state index contributed by atoms with van der Waals surface area (Å²) >= 11 is 0. The second-order valence-electron chi connectivity index (χ2n) is 0.600. The van der Waals surface area contributed by atoms with Crippen molar-refractivity contribution in [1.82, 2.24) is 0 Å². The Morgan fingerprint density at radius 2 is 1.00 bits per heavy atom. The van der Waals surface area contributed by atoms with Crippen LogP contribution in [-0.4, -0.2) is 77.1 Å². The summed E-state index contributed by atoms with van der Waals surface area (Å²) in [6.07, 6.45) is 0. The fourth-order valence-electron chi connectivity index (χ4n) is 0. The summed E-state index contributed by atoms with van der Waals surface area (Å²) in [5, 5.41) is 0. The van der Waals surface area contributed by atoms with Gasteiger partial charge in [-0.25, -0.2) is 0 Å². The second-order valence-corrected chi connectivity index (χ2v) is 1.80. The first kappa shape index (κ1) is 16.0. The number of hydrogen-bond donors (Lipinski definition) is 4. The summed E-state index contributed by atoms with van der Waals surface area (Å²) < 4.78 is 0. The molecule has 0 rings (SSSR count). The molecule has 0 aliphatic heterocycles. The first-order valence-corrected chi connectivity index (χ1v) is 2.68. The zero-order valence-electron chi connectivity index (χ0n) is 5.70. The van der Waals surface area contributed by atoms with Gasteiger partial charge in [-0.1, -0.05) is 0 Å². The third kappa shape index (κ3) is 69.8. The topological polar surface area (TPSA) is 80.9 Å². The van der Waals surface area contributed by atoms with Crippen LogP contribution in [0, 0.1) is 0 Å². The smallest absolute Gasteiger partial charge is 1.00 e. The van der Waals surface area contributed by atoms with E-state index in [1.807, 2.05) is 0 Å². The molecule has 7 heavy (non-hydrogen) atoms. The summed E-state index contributed by atoms with van der Waals surface area (Å²) in [5.74, 6) is 0. The van der Waals surface area contributed by atoms with E-state index in [4.69, 9.17) is 19.2 Å². The third-order valence-electron chi connectivity index (χ3n) is 0. The van der Waals surface area contributed by atoms with Gasteiger partial charge in [0.25, 0.3) is 0 Å². The summed E-state index contributed by atoms with van der Waals surface area (Å²) in [7, 11) is -4.61. The van der Waals surface area contributed by atoms with Gasteiger partial charge in [0.2, 0.25) is 0 Å². The van der Waals surface area contributed by atoms with Crippen LogP contribution in [0.2, 0.25) is 0 Å². The van der Waals surface area contributed by atoms with Crippen molar-refractivity contribution >= 4 is 67.8 Å². The van der Waals surface area contributed by atoms with Gasteiger partial charge in [0, 0.05) is 0 Å². The molecule has 7 heteroatoms. The summed E-state index contributed by atoms with van der Waals surface area (Å²) in [6.45, 7) is 0. The molecule has 4 N–H and O–H groups in total. The zero-order chi connectivity index (χ0) is 4.50. The van der Waals surface area contributed by atoms with Crippen molar-refractivity contribution in [2.45, 2.75) is 0 Å². The van der Waals surface area contributed by atoms with Crippen molar-refractivity contribution in [1.29, 1.82) is 0 Å². The van der Waals surface area contributed by atoms with Gasteiger partial charge in [0.05, 0.1) is 0 Å². The fourth-order valence-corrected chi connectivity index (χ4v) is 0. The van der Waals surface area contributed by atoms with E-state index in [2.05, 4.69) is 0 Å². The van der Waals surface area contributed by atoms with Crippen LogP contribution in [0.15, 0.2) is 0 Å². The Hall–Kier alpha value is 2.06. The Balaban J connectivity index is -0.0000000133. The average Bonchev–Trinajstić information content (AvgIpc) is 0.722. The van der Waals surface area contributed by atoms with Crippen LogP contribution >= 0.6 is 9.90 Å². The molecule has 0 radical (unpaired) electrons. The summed E-state index contributed by atoms with van der Waals surface area (Å²) in [4.78, 5) is 29.3. The molecular formula is H9BaO4PSi. The summed E-state index contributed by atoms with van der Waals surface area (Å²) in [5.41, 5.74) is 0. The Bertz CT molecular complexity index is 34.0. The predicted octanol–water partition coefficient (Wildman–Crippen LogP) is -2.71. The molecule has 0 aliphatic carbocycles. The van der Waals surface area contributed by atoms with E-state index in [1.165, 1.54) is 0 Å². The van der Waals surface area contributed by atoms with E-state index < -0.39 is 9.05 Å². The molecular weight excluding hydrogens is 260 g/mol. The van der Waals surface area contributed by atoms with Crippen LogP contribution in [0.4, 0.5) is 0 Å². The first-order valence-electron chi connectivity index (χ1n) is 0.894. The molecule has 0 aromatic rings. The standard InChI is InChI=1S/Ba.H4O4Si.H3P.2H/c;1-5(2,3)4;;;/h;1-4H;1H3;;/q+2;;;2*-1. The van der Waals surface area contributed by atoms with Crippen LogP contribution in [0.1, 0.15) is 2.85 Å². The molecule has 4 nitrogen and oxygen atoms in total. The molecule has 1 atom stereocenters. The van der Waals surface area contributed by atoms with Crippen molar-refractivity contribution in [3.05, 3.63) is 0 Å². The SMILES string of the molecule is O[Si](O)(O)O.P.[Ba+2].[H-].[H-]. The van der Waals surface area contributed by atoms with Gasteiger partial charge in [0.1, 0.15) is 0 Å². The van der Waals surface area contributed by atoms with E-state index in [9.17, 15) is 0 Å². The van der Waals surface area contributed by atoms with E-state index in [0.717, 1.165) is 0 Å². The maximum atomic E-state index is 7.33. The van der Waals surface area contributed by atoms with E-state index in [1.54, 1.807) is 0 Å². The largest absolute Gasteiger partial charge is 2.00 e. The van der Waals surface area contributed by atoms with Crippen LogP contribution in [0.25, 0.3) is 0 Å². The van der Waals surface area contributed by atoms with E-state index in [0.29, 0.717) is 0 Å². The molecule has 0 aliphatic rings. The molecule has 0 heterocycles. The first-order chi connectivity index (χ1) is 2.00. The van der Waals surface area contributed by atoms with Crippen LogP contribution in [0.3, 0.4) is 0 Å². The minimum atomic E-state index is -4.61. The maximum Gasteiger partial charge on any atom is 2.00 e. The maximum absolute atomic E-state index is 7.33. The normalized spacial score (nSPS) is 8.57. The predicted molar refractivity (Wildman–Crippen MR) is 33.7 cm³/mol. The quantitative estimate of drug-likeness (QED) is 0.285. The minimum absolute atomic E-state index is 0. The molecule has 0 saturated carbocycles. The molecule has 0 amide bonds. The average molecular weight is 269 g/mol. The Morgan fingerprint density at radius 1 is 1.00 bits per heavy atom. The number of hydrogen-bond acceptors (Lipinski definition) is 4. The molecule has 0 aromatic heterocycles. The van der Waals surface area contributed by atoms with Crippen molar-refractivity contribution in [2.24, 2.45) is 0 Å². The summed E-state index contributed by atoms with van der Waals surface area (Å²) in [6, 6.07) is 0. The van der Waals surface area contributed by atoms with Gasteiger partial charge in [-0.2, -0.15) is 9.90 Å². The van der Waals surface area contributed by atoms with E-state index in [-0.39, 0.29) is 61.6 Å². The Kier molecular flexibility index (Phi) is 14.2.